The van der Waals surface area contributed by atoms with Crippen LogP contribution in [-0.2, 0) is 5.41 Å². The second-order valence-corrected chi connectivity index (χ2v) is 6.50. The summed E-state index contributed by atoms with van der Waals surface area (Å²) in [4.78, 5) is 0. The minimum Gasteiger partial charge on any atom is -0.201 e. The molecule has 0 radical (unpaired) electrons. The Morgan fingerprint density at radius 2 is 1.13 bits per heavy atom. The van der Waals surface area contributed by atoms with Crippen molar-refractivity contribution in [2.24, 2.45) is 0 Å². The lowest BCUT2D eigenvalue weighted by Gasteiger charge is -2.25. The highest BCUT2D eigenvalue weighted by Gasteiger charge is 2.56. The number of fused-ring (bicyclic) bond motifs is 7. The zero-order valence-electron chi connectivity index (χ0n) is 13.4. The van der Waals surface area contributed by atoms with Crippen molar-refractivity contribution in [1.82, 2.24) is 0 Å². The van der Waals surface area contributed by atoms with Crippen molar-refractivity contribution in [2.75, 3.05) is 7.05 Å². The van der Waals surface area contributed by atoms with Crippen LogP contribution in [0.3, 0.4) is 0 Å². The maximum atomic E-state index is 2.36. The first-order valence-electron chi connectivity index (χ1n) is 8.13. The molecule has 0 aromatic heterocycles. The van der Waals surface area contributed by atoms with Crippen LogP contribution in [0.5, 0.6) is 0 Å². The average Bonchev–Trinajstić information content (AvgIpc) is 3.03. The first-order valence-corrected chi connectivity index (χ1v) is 8.13. The summed E-state index contributed by atoms with van der Waals surface area (Å²) in [6, 6.07) is 26.6. The first-order chi connectivity index (χ1) is 11.3. The third-order valence-corrected chi connectivity index (χ3v) is 5.67. The topological polar surface area (TPSA) is 3.01 Å². The minimum absolute atomic E-state index is 0.140. The summed E-state index contributed by atoms with van der Waals surface area (Å²) in [5.74, 6) is 0. The summed E-state index contributed by atoms with van der Waals surface area (Å²) < 4.78 is 2.36. The lowest BCUT2D eigenvalue weighted by Crippen LogP contribution is -2.33. The van der Waals surface area contributed by atoms with Gasteiger partial charge in [0.1, 0.15) is 12.5 Å². The Kier molecular flexibility index (Phi) is 2.34. The van der Waals surface area contributed by atoms with Gasteiger partial charge in [0.05, 0.1) is 0 Å². The van der Waals surface area contributed by atoms with E-state index < -0.39 is 0 Å². The van der Waals surface area contributed by atoms with Crippen molar-refractivity contribution in [3.8, 4) is 11.1 Å². The molecule has 1 heteroatoms. The summed E-state index contributed by atoms with van der Waals surface area (Å²) >= 11 is 0. The monoisotopic (exact) mass is 296 g/mol. The smallest absolute Gasteiger partial charge is 0.201 e. The molecule has 0 N–H and O–H groups in total. The molecule has 0 saturated heterocycles. The number of hydrogen-bond donors (Lipinski definition) is 0. The molecule has 5 rings (SSSR count). The molecule has 0 bridgehead atoms. The van der Waals surface area contributed by atoms with Gasteiger partial charge in [0.25, 0.3) is 0 Å². The van der Waals surface area contributed by atoms with E-state index in [1.165, 1.54) is 39.2 Å². The summed E-state index contributed by atoms with van der Waals surface area (Å²) in [6.07, 6.45) is 0. The van der Waals surface area contributed by atoms with Gasteiger partial charge in [0, 0.05) is 18.6 Å². The normalized spacial score (nSPS) is 16.4. The Bertz CT molecular complexity index is 949. The predicted molar refractivity (Wildman–Crippen MR) is 94.7 cm³/mol. The molecule has 23 heavy (non-hydrogen) atoms. The van der Waals surface area contributed by atoms with E-state index in [1.54, 1.807) is 0 Å². The van der Waals surface area contributed by atoms with Gasteiger partial charge in [-0.3, -0.25) is 0 Å². The van der Waals surface area contributed by atoms with Crippen LogP contribution >= 0.6 is 0 Å². The molecule has 0 unspecified atom stereocenters. The molecule has 1 aliphatic heterocycles. The lowest BCUT2D eigenvalue weighted by molar-refractivity contribution is -0.402. The predicted octanol–water partition coefficient (Wildman–Crippen LogP) is 4.75. The third-order valence-electron chi connectivity index (χ3n) is 5.67. The fourth-order valence-electron chi connectivity index (χ4n) is 4.63. The van der Waals surface area contributed by atoms with Gasteiger partial charge in [0.15, 0.2) is 5.71 Å². The second-order valence-electron chi connectivity index (χ2n) is 6.50. The summed E-state index contributed by atoms with van der Waals surface area (Å²) in [5, 5.41) is 0. The van der Waals surface area contributed by atoms with Crippen LogP contribution in [0.4, 0.5) is 5.69 Å². The van der Waals surface area contributed by atoms with Crippen molar-refractivity contribution in [2.45, 2.75) is 12.3 Å². The van der Waals surface area contributed by atoms with E-state index in [1.807, 2.05) is 0 Å². The molecule has 1 spiro atoms. The van der Waals surface area contributed by atoms with Gasteiger partial charge in [-0.1, -0.05) is 66.7 Å². The Balaban J connectivity index is 2.02. The fourth-order valence-corrected chi connectivity index (χ4v) is 4.63. The van der Waals surface area contributed by atoms with Gasteiger partial charge in [-0.05, 0) is 22.3 Å². The lowest BCUT2D eigenvalue weighted by atomic mass is 9.70. The summed E-state index contributed by atoms with van der Waals surface area (Å²) in [6.45, 7) is 2.28. The fraction of sp³-hybridized carbons (Fsp3) is 0.136. The van der Waals surface area contributed by atoms with Crippen molar-refractivity contribution in [1.29, 1.82) is 0 Å². The van der Waals surface area contributed by atoms with Crippen molar-refractivity contribution in [3.05, 3.63) is 89.5 Å². The largest absolute Gasteiger partial charge is 0.209 e. The molecule has 1 heterocycles. The molecule has 3 aromatic carbocycles. The highest BCUT2D eigenvalue weighted by atomic mass is 15.0. The third kappa shape index (κ3) is 1.32. The van der Waals surface area contributed by atoms with Gasteiger partial charge in [-0.15, -0.1) is 0 Å². The zero-order valence-corrected chi connectivity index (χ0v) is 13.4. The number of rotatable bonds is 0. The number of para-hydroxylation sites is 1. The van der Waals surface area contributed by atoms with Crippen molar-refractivity contribution in [3.63, 3.8) is 0 Å². The minimum atomic E-state index is -0.140. The molecular formula is C22H18N+. The molecule has 0 saturated carbocycles. The average molecular weight is 296 g/mol. The van der Waals surface area contributed by atoms with Crippen LogP contribution < -0.4 is 0 Å². The van der Waals surface area contributed by atoms with Gasteiger partial charge < -0.3 is 0 Å². The van der Waals surface area contributed by atoms with Gasteiger partial charge in [-0.2, -0.15) is 0 Å². The Morgan fingerprint density at radius 1 is 0.652 bits per heavy atom. The van der Waals surface area contributed by atoms with Crippen LogP contribution in [0.1, 0.15) is 23.6 Å². The maximum absolute atomic E-state index is 2.36. The van der Waals surface area contributed by atoms with Gasteiger partial charge in [-0.25, -0.2) is 4.58 Å². The molecule has 3 aromatic rings. The second kappa shape index (κ2) is 4.20. The van der Waals surface area contributed by atoms with Gasteiger partial charge >= 0.3 is 0 Å². The molecule has 0 amide bonds. The molecule has 0 fully saturated rings. The summed E-state index contributed by atoms with van der Waals surface area (Å²) in [5.41, 5.74) is 9.52. The highest BCUT2D eigenvalue weighted by molar-refractivity contribution is 6.07. The van der Waals surface area contributed by atoms with Crippen LogP contribution in [0.25, 0.3) is 11.1 Å². The van der Waals surface area contributed by atoms with E-state index in [2.05, 4.69) is 91.3 Å². The maximum Gasteiger partial charge on any atom is 0.209 e. The van der Waals surface area contributed by atoms with Crippen LogP contribution in [0.15, 0.2) is 72.8 Å². The van der Waals surface area contributed by atoms with Crippen LogP contribution in [-0.4, -0.2) is 17.3 Å². The number of benzene rings is 3. The zero-order chi connectivity index (χ0) is 15.6. The first kappa shape index (κ1) is 12.8. The van der Waals surface area contributed by atoms with Crippen molar-refractivity contribution >= 4 is 11.4 Å². The van der Waals surface area contributed by atoms with Gasteiger partial charge in [0.2, 0.25) is 5.69 Å². The van der Waals surface area contributed by atoms with Crippen molar-refractivity contribution < 1.29 is 4.58 Å². The number of nitrogens with zero attached hydrogens (tertiary/aromatic N) is 1. The number of hydrogen-bond acceptors (Lipinski definition) is 0. The van der Waals surface area contributed by atoms with E-state index in [9.17, 15) is 0 Å². The highest BCUT2D eigenvalue weighted by Crippen LogP contribution is 2.57. The molecule has 110 valence electrons. The molecule has 1 nitrogen and oxygen atoms in total. The van der Waals surface area contributed by atoms with E-state index in [0.717, 1.165) is 0 Å². The Hall–Kier alpha value is -2.67. The molecule has 2 aliphatic rings. The van der Waals surface area contributed by atoms with E-state index in [0.29, 0.717) is 0 Å². The van der Waals surface area contributed by atoms with E-state index >= 15 is 0 Å². The van der Waals surface area contributed by atoms with Crippen LogP contribution in [0, 0.1) is 0 Å². The molecule has 0 atom stereocenters. The molecular weight excluding hydrogens is 278 g/mol. The van der Waals surface area contributed by atoms with Crippen LogP contribution in [0.2, 0.25) is 0 Å². The molecule has 1 aliphatic carbocycles. The van der Waals surface area contributed by atoms with E-state index in [-0.39, 0.29) is 5.41 Å². The Morgan fingerprint density at radius 3 is 1.74 bits per heavy atom. The quantitative estimate of drug-likeness (QED) is 0.527. The summed E-state index contributed by atoms with van der Waals surface area (Å²) in [7, 11) is 2.19. The van der Waals surface area contributed by atoms with E-state index in [4.69, 9.17) is 0 Å². The standard InChI is InChI=1S/C22H18N/c1-15-22(20-13-7-8-14-21(20)23(15)2)18-11-5-3-9-16(18)17-10-4-6-12-19(17)22/h3-14H,1-2H3/q+1. The Labute approximate surface area is 136 Å². The SMILES string of the molecule is CC1=[N+](C)c2ccccc2C12c1ccccc1-c1ccccc12.